The van der Waals surface area contributed by atoms with Crippen LogP contribution in [0.5, 0.6) is 0 Å². The van der Waals surface area contributed by atoms with Gasteiger partial charge in [-0.1, -0.05) is 29.3 Å². The molecule has 0 saturated carbocycles. The molecule has 26 heavy (non-hydrogen) atoms. The molecule has 0 bridgehead atoms. The van der Waals surface area contributed by atoms with Crippen LogP contribution in [0.1, 0.15) is 30.2 Å². The third-order valence-electron chi connectivity index (χ3n) is 4.80. The summed E-state index contributed by atoms with van der Waals surface area (Å²) >= 11 is 6.01. The number of nitrogens with zero attached hydrogens (tertiary/aromatic N) is 2. The molecule has 0 atom stereocenters. The molecule has 1 aliphatic rings. The SMILES string of the molecule is Cc1ccc(NC(=O)N2CCC(c3nc4cc(Cl)ccc4o3)CC2)cc1. The van der Waals surface area contributed by atoms with Gasteiger partial charge in [-0.15, -0.1) is 0 Å². The minimum Gasteiger partial charge on any atom is -0.440 e. The molecule has 1 aliphatic heterocycles. The molecule has 1 N–H and O–H groups in total. The summed E-state index contributed by atoms with van der Waals surface area (Å²) in [5, 5.41) is 3.61. The van der Waals surface area contributed by atoms with E-state index in [1.165, 1.54) is 5.56 Å². The van der Waals surface area contributed by atoms with Gasteiger partial charge in [0.2, 0.25) is 0 Å². The number of rotatable bonds is 2. The smallest absolute Gasteiger partial charge is 0.321 e. The molecule has 4 rings (SSSR count). The Labute approximate surface area is 157 Å². The van der Waals surface area contributed by atoms with Crippen LogP contribution in [0.3, 0.4) is 0 Å². The number of amides is 2. The topological polar surface area (TPSA) is 58.4 Å². The first-order valence-corrected chi connectivity index (χ1v) is 9.15. The lowest BCUT2D eigenvalue weighted by Gasteiger charge is -2.30. The van der Waals surface area contributed by atoms with Gasteiger partial charge in [0.05, 0.1) is 0 Å². The number of hydrogen-bond donors (Lipinski definition) is 1. The number of urea groups is 1. The zero-order chi connectivity index (χ0) is 18.1. The van der Waals surface area contributed by atoms with E-state index in [0.29, 0.717) is 18.1 Å². The van der Waals surface area contributed by atoms with Crippen LogP contribution in [-0.4, -0.2) is 29.0 Å². The van der Waals surface area contributed by atoms with E-state index in [0.717, 1.165) is 35.5 Å². The molecule has 1 aromatic heterocycles. The monoisotopic (exact) mass is 369 g/mol. The second-order valence-electron chi connectivity index (χ2n) is 6.72. The van der Waals surface area contributed by atoms with Crippen molar-refractivity contribution in [2.75, 3.05) is 18.4 Å². The van der Waals surface area contributed by atoms with Crippen LogP contribution in [0.25, 0.3) is 11.1 Å². The van der Waals surface area contributed by atoms with E-state index in [4.69, 9.17) is 16.0 Å². The lowest BCUT2D eigenvalue weighted by molar-refractivity contribution is 0.190. The van der Waals surface area contributed by atoms with Crippen LogP contribution in [0, 0.1) is 6.92 Å². The zero-order valence-corrected chi connectivity index (χ0v) is 15.3. The van der Waals surface area contributed by atoms with E-state index in [2.05, 4.69) is 10.3 Å². The molecule has 0 unspecified atom stereocenters. The normalized spacial score (nSPS) is 15.4. The maximum atomic E-state index is 12.4. The number of benzene rings is 2. The van der Waals surface area contributed by atoms with Gasteiger partial charge in [0.1, 0.15) is 5.52 Å². The van der Waals surface area contributed by atoms with Gasteiger partial charge >= 0.3 is 6.03 Å². The number of halogens is 1. The van der Waals surface area contributed by atoms with Crippen LogP contribution < -0.4 is 5.32 Å². The van der Waals surface area contributed by atoms with Gasteiger partial charge in [0.15, 0.2) is 11.5 Å². The summed E-state index contributed by atoms with van der Waals surface area (Å²) in [4.78, 5) is 18.9. The molecule has 5 nitrogen and oxygen atoms in total. The average molecular weight is 370 g/mol. The summed E-state index contributed by atoms with van der Waals surface area (Å²) in [5.74, 6) is 0.963. The largest absolute Gasteiger partial charge is 0.440 e. The van der Waals surface area contributed by atoms with Crippen molar-refractivity contribution in [1.82, 2.24) is 9.88 Å². The number of aryl methyl sites for hydroxylation is 1. The van der Waals surface area contributed by atoms with Crippen molar-refractivity contribution in [3.8, 4) is 0 Å². The minimum atomic E-state index is -0.0587. The number of nitrogens with one attached hydrogen (secondary N) is 1. The van der Waals surface area contributed by atoms with Gasteiger partial charge in [-0.2, -0.15) is 0 Å². The van der Waals surface area contributed by atoms with Crippen molar-refractivity contribution in [3.05, 3.63) is 58.9 Å². The predicted octanol–water partition coefficient (Wildman–Crippen LogP) is 5.20. The molecule has 6 heteroatoms. The third kappa shape index (κ3) is 3.53. The highest BCUT2D eigenvalue weighted by molar-refractivity contribution is 6.31. The second-order valence-corrected chi connectivity index (χ2v) is 7.16. The first kappa shape index (κ1) is 16.9. The highest BCUT2D eigenvalue weighted by Crippen LogP contribution is 2.31. The van der Waals surface area contributed by atoms with Crippen LogP contribution in [0.4, 0.5) is 10.5 Å². The molecule has 2 heterocycles. The molecule has 3 aromatic rings. The molecule has 1 saturated heterocycles. The van der Waals surface area contributed by atoms with Crippen LogP contribution in [0.2, 0.25) is 5.02 Å². The predicted molar refractivity (Wildman–Crippen MR) is 103 cm³/mol. The van der Waals surface area contributed by atoms with E-state index in [1.807, 2.05) is 48.2 Å². The summed E-state index contributed by atoms with van der Waals surface area (Å²) < 4.78 is 5.88. The average Bonchev–Trinajstić information content (AvgIpc) is 3.07. The van der Waals surface area contributed by atoms with Gasteiger partial charge in [-0.25, -0.2) is 9.78 Å². The summed E-state index contributed by atoms with van der Waals surface area (Å²) in [6, 6.07) is 13.2. The fourth-order valence-electron chi connectivity index (χ4n) is 3.26. The van der Waals surface area contributed by atoms with Crippen molar-refractivity contribution in [2.24, 2.45) is 0 Å². The number of likely N-dealkylation sites (tertiary alicyclic amines) is 1. The highest BCUT2D eigenvalue weighted by Gasteiger charge is 2.27. The maximum Gasteiger partial charge on any atom is 0.321 e. The number of anilines is 1. The van der Waals surface area contributed by atoms with Crippen molar-refractivity contribution in [2.45, 2.75) is 25.7 Å². The molecular formula is C20H20ClN3O2. The fourth-order valence-corrected chi connectivity index (χ4v) is 3.43. The Balaban J connectivity index is 1.38. The lowest BCUT2D eigenvalue weighted by Crippen LogP contribution is -2.40. The molecule has 0 radical (unpaired) electrons. The molecule has 134 valence electrons. The van der Waals surface area contributed by atoms with Crippen molar-refractivity contribution in [3.63, 3.8) is 0 Å². The Morgan fingerprint density at radius 1 is 1.19 bits per heavy atom. The molecule has 0 spiro atoms. The lowest BCUT2D eigenvalue weighted by atomic mass is 9.97. The number of oxazole rings is 1. The summed E-state index contributed by atoms with van der Waals surface area (Å²) in [7, 11) is 0. The Bertz CT molecular complexity index is 928. The molecule has 1 fully saturated rings. The molecule has 2 amide bonds. The standard InChI is InChI=1S/C20H20ClN3O2/c1-13-2-5-16(6-3-13)22-20(25)24-10-8-14(9-11-24)19-23-17-12-15(21)4-7-18(17)26-19/h2-7,12,14H,8-11H2,1H3,(H,22,25). The number of piperidine rings is 1. The van der Waals surface area contributed by atoms with Gasteiger partial charge in [0, 0.05) is 29.7 Å². The second kappa shape index (κ2) is 7.00. The van der Waals surface area contributed by atoms with E-state index in [1.54, 1.807) is 6.07 Å². The van der Waals surface area contributed by atoms with Crippen molar-refractivity contribution < 1.29 is 9.21 Å². The number of aromatic nitrogens is 1. The Hall–Kier alpha value is -2.53. The van der Waals surface area contributed by atoms with Crippen LogP contribution in [-0.2, 0) is 0 Å². The number of carbonyl (C=O) groups is 1. The molecule has 0 aliphatic carbocycles. The number of fused-ring (bicyclic) bond motifs is 1. The van der Waals surface area contributed by atoms with E-state index >= 15 is 0 Å². The molecule has 2 aromatic carbocycles. The van der Waals surface area contributed by atoms with Gasteiger partial charge < -0.3 is 14.6 Å². The Kier molecular flexibility index (Phi) is 4.55. The maximum absolute atomic E-state index is 12.4. The van der Waals surface area contributed by atoms with Crippen LogP contribution >= 0.6 is 11.6 Å². The summed E-state index contributed by atoms with van der Waals surface area (Å²) in [6.45, 7) is 3.39. The number of carbonyl (C=O) groups excluding carboxylic acids is 1. The Morgan fingerprint density at radius 3 is 2.65 bits per heavy atom. The minimum absolute atomic E-state index is 0.0587. The van der Waals surface area contributed by atoms with Gasteiger partial charge in [-0.05, 0) is 50.1 Å². The fraction of sp³-hybridized carbons (Fsp3) is 0.300. The highest BCUT2D eigenvalue weighted by atomic mass is 35.5. The first-order chi connectivity index (χ1) is 12.6. The third-order valence-corrected chi connectivity index (χ3v) is 5.04. The van der Waals surface area contributed by atoms with Crippen molar-refractivity contribution in [1.29, 1.82) is 0 Å². The van der Waals surface area contributed by atoms with Crippen LogP contribution in [0.15, 0.2) is 46.9 Å². The van der Waals surface area contributed by atoms with Crippen molar-refractivity contribution >= 4 is 34.4 Å². The quantitative estimate of drug-likeness (QED) is 0.675. The van der Waals surface area contributed by atoms with E-state index in [-0.39, 0.29) is 11.9 Å². The Morgan fingerprint density at radius 2 is 1.92 bits per heavy atom. The van der Waals surface area contributed by atoms with Gasteiger partial charge in [-0.3, -0.25) is 0 Å². The summed E-state index contributed by atoms with van der Waals surface area (Å²) in [5.41, 5.74) is 3.53. The number of hydrogen-bond acceptors (Lipinski definition) is 3. The molecular weight excluding hydrogens is 350 g/mol. The van der Waals surface area contributed by atoms with Gasteiger partial charge in [0.25, 0.3) is 0 Å². The van der Waals surface area contributed by atoms with E-state index in [9.17, 15) is 4.79 Å². The first-order valence-electron chi connectivity index (χ1n) is 8.77. The summed E-state index contributed by atoms with van der Waals surface area (Å²) in [6.07, 6.45) is 1.67. The zero-order valence-electron chi connectivity index (χ0n) is 14.5. The van der Waals surface area contributed by atoms with E-state index < -0.39 is 0 Å².